The second-order valence-electron chi connectivity index (χ2n) is 3.96. The molecule has 0 amide bonds. The molecule has 0 unspecified atom stereocenters. The number of nitrogens with two attached hydrogens (primary N) is 1. The molecule has 15 heavy (non-hydrogen) atoms. The van der Waals surface area contributed by atoms with Crippen molar-refractivity contribution in [2.75, 3.05) is 0 Å². The average molecular weight is 209 g/mol. The van der Waals surface area contributed by atoms with Crippen LogP contribution in [0.25, 0.3) is 0 Å². The molecule has 1 aliphatic rings. The Balaban J connectivity index is 2.55. The van der Waals surface area contributed by atoms with Crippen molar-refractivity contribution in [2.24, 2.45) is 5.73 Å². The fraction of sp³-hybridized carbons (Fsp3) is 0.600. The first-order valence-corrected chi connectivity index (χ1v) is 5.19. The van der Waals surface area contributed by atoms with Gasteiger partial charge in [-0.1, -0.05) is 25.3 Å². The zero-order chi connectivity index (χ0) is 11.3. The molecule has 5 nitrogen and oxygen atoms in total. The lowest BCUT2D eigenvalue weighted by Gasteiger charge is -2.36. The van der Waals surface area contributed by atoms with Gasteiger partial charge < -0.3 is 11.1 Å². The lowest BCUT2D eigenvalue weighted by molar-refractivity contribution is 0.326. The molecule has 1 rings (SSSR count). The normalized spacial score (nSPS) is 18.9. The maximum Gasteiger partial charge on any atom is 0.195 e. The Bertz CT molecular complexity index is 265. The van der Waals surface area contributed by atoms with Crippen LogP contribution in [0.2, 0.25) is 0 Å². The largest absolute Gasteiger partial charge is 0.370 e. The molecule has 1 aliphatic carbocycles. The fourth-order valence-electron chi connectivity index (χ4n) is 1.98. The zero-order valence-corrected chi connectivity index (χ0v) is 8.90. The highest BCUT2D eigenvalue weighted by molar-refractivity contribution is 5.95. The predicted octanol–water partition coefficient (Wildman–Crippen LogP) is 0.883. The number of rotatable bonds is 2. The summed E-state index contributed by atoms with van der Waals surface area (Å²) in [4.78, 5) is 0. The summed E-state index contributed by atoms with van der Waals surface area (Å²) in [7, 11) is 0. The van der Waals surface area contributed by atoms with Crippen molar-refractivity contribution in [3.63, 3.8) is 0 Å². The summed E-state index contributed by atoms with van der Waals surface area (Å²) in [5.41, 5.74) is 4.95. The van der Waals surface area contributed by atoms with Crippen molar-refractivity contribution >= 4 is 11.9 Å². The van der Waals surface area contributed by atoms with E-state index in [-0.39, 0.29) is 17.5 Å². The zero-order valence-electron chi connectivity index (χ0n) is 8.90. The molecule has 84 valence electrons. The summed E-state index contributed by atoms with van der Waals surface area (Å²) >= 11 is 0. The first-order chi connectivity index (χ1) is 7.08. The van der Waals surface area contributed by atoms with Gasteiger partial charge in [0.1, 0.15) is 0 Å². The molecular weight excluding hydrogens is 190 g/mol. The average Bonchev–Trinajstić information content (AvgIpc) is 2.17. The van der Waals surface area contributed by atoms with E-state index in [1.807, 2.05) is 6.08 Å². The highest BCUT2D eigenvalue weighted by Crippen LogP contribution is 2.28. The SMILES string of the molecule is C=CC1(NC(=N)NC(=N)N)CCCCC1. The van der Waals surface area contributed by atoms with Crippen LogP contribution in [0, 0.1) is 10.8 Å². The van der Waals surface area contributed by atoms with Gasteiger partial charge in [-0.3, -0.25) is 16.1 Å². The molecule has 0 aromatic carbocycles. The lowest BCUT2D eigenvalue weighted by Crippen LogP contribution is -2.54. The standard InChI is InChI=1S/C10H19N5/c1-2-10(6-4-3-5-7-10)15-9(13)14-8(11)12/h2H,1,3-7H2,(H6,11,12,13,14,15). The van der Waals surface area contributed by atoms with Gasteiger partial charge in [0.15, 0.2) is 11.9 Å². The highest BCUT2D eigenvalue weighted by atomic mass is 15.2. The third-order valence-electron chi connectivity index (χ3n) is 2.77. The third-order valence-corrected chi connectivity index (χ3v) is 2.77. The minimum atomic E-state index is -0.220. The molecule has 0 heterocycles. The van der Waals surface area contributed by atoms with Gasteiger partial charge in [0.05, 0.1) is 5.54 Å². The van der Waals surface area contributed by atoms with Gasteiger partial charge in [0, 0.05) is 0 Å². The predicted molar refractivity (Wildman–Crippen MR) is 61.9 cm³/mol. The van der Waals surface area contributed by atoms with Gasteiger partial charge in [0.25, 0.3) is 0 Å². The van der Waals surface area contributed by atoms with Gasteiger partial charge in [-0.25, -0.2) is 0 Å². The number of hydrogen-bond donors (Lipinski definition) is 5. The van der Waals surface area contributed by atoms with Crippen LogP contribution in [0.3, 0.4) is 0 Å². The highest BCUT2D eigenvalue weighted by Gasteiger charge is 2.29. The Morgan fingerprint density at radius 3 is 2.33 bits per heavy atom. The molecule has 0 bridgehead atoms. The van der Waals surface area contributed by atoms with E-state index in [2.05, 4.69) is 17.2 Å². The Hall–Kier alpha value is -1.52. The second kappa shape index (κ2) is 4.82. The van der Waals surface area contributed by atoms with Crippen molar-refractivity contribution in [1.29, 1.82) is 10.8 Å². The Kier molecular flexibility index (Phi) is 3.71. The molecule has 1 fully saturated rings. The summed E-state index contributed by atoms with van der Waals surface area (Å²) in [5.74, 6) is -0.146. The topological polar surface area (TPSA) is 97.8 Å². The first kappa shape index (κ1) is 11.6. The lowest BCUT2D eigenvalue weighted by atomic mass is 9.82. The van der Waals surface area contributed by atoms with E-state index in [1.54, 1.807) is 0 Å². The maximum atomic E-state index is 7.59. The van der Waals surface area contributed by atoms with E-state index in [1.165, 1.54) is 6.42 Å². The molecule has 0 atom stereocenters. The van der Waals surface area contributed by atoms with Crippen LogP contribution in [-0.4, -0.2) is 17.5 Å². The van der Waals surface area contributed by atoms with Crippen molar-refractivity contribution in [1.82, 2.24) is 10.6 Å². The van der Waals surface area contributed by atoms with E-state index >= 15 is 0 Å². The molecule has 0 aromatic rings. The molecule has 0 aliphatic heterocycles. The van der Waals surface area contributed by atoms with Crippen molar-refractivity contribution in [3.8, 4) is 0 Å². The summed E-state index contributed by atoms with van der Waals surface area (Å²) in [6, 6.07) is 0. The first-order valence-electron chi connectivity index (χ1n) is 5.19. The van der Waals surface area contributed by atoms with E-state index in [9.17, 15) is 0 Å². The quantitative estimate of drug-likeness (QED) is 0.265. The van der Waals surface area contributed by atoms with Gasteiger partial charge in [0.2, 0.25) is 0 Å². The number of guanidine groups is 2. The van der Waals surface area contributed by atoms with Crippen LogP contribution in [-0.2, 0) is 0 Å². The molecule has 0 radical (unpaired) electrons. The van der Waals surface area contributed by atoms with Gasteiger partial charge in [-0.05, 0) is 12.8 Å². The molecule has 0 spiro atoms. The summed E-state index contributed by atoms with van der Waals surface area (Å²) < 4.78 is 0. The van der Waals surface area contributed by atoms with Crippen molar-refractivity contribution in [2.45, 2.75) is 37.6 Å². The minimum Gasteiger partial charge on any atom is -0.370 e. The summed E-state index contributed by atoms with van der Waals surface area (Å²) in [6.07, 6.45) is 7.36. The van der Waals surface area contributed by atoms with Crippen molar-refractivity contribution < 1.29 is 0 Å². The third kappa shape index (κ3) is 3.27. The number of nitrogens with one attached hydrogen (secondary N) is 4. The molecule has 1 saturated carbocycles. The molecular formula is C10H19N5. The Labute approximate surface area is 90.1 Å². The van der Waals surface area contributed by atoms with Crippen LogP contribution in [0.4, 0.5) is 0 Å². The van der Waals surface area contributed by atoms with Gasteiger partial charge in [-0.2, -0.15) is 0 Å². The van der Waals surface area contributed by atoms with E-state index < -0.39 is 0 Å². The van der Waals surface area contributed by atoms with Crippen LogP contribution < -0.4 is 16.4 Å². The fourth-order valence-corrected chi connectivity index (χ4v) is 1.98. The van der Waals surface area contributed by atoms with Crippen LogP contribution in [0.5, 0.6) is 0 Å². The smallest absolute Gasteiger partial charge is 0.195 e. The number of hydrogen-bond acceptors (Lipinski definition) is 2. The molecule has 5 heteroatoms. The Morgan fingerprint density at radius 2 is 1.87 bits per heavy atom. The molecule has 6 N–H and O–H groups in total. The summed E-state index contributed by atoms with van der Waals surface area (Å²) in [5, 5.41) is 20.1. The van der Waals surface area contributed by atoms with Crippen LogP contribution in [0.1, 0.15) is 32.1 Å². The minimum absolute atomic E-state index is 0.0734. The van der Waals surface area contributed by atoms with Crippen molar-refractivity contribution in [3.05, 3.63) is 12.7 Å². The monoisotopic (exact) mass is 209 g/mol. The molecule has 0 saturated heterocycles. The van der Waals surface area contributed by atoms with Crippen LogP contribution >= 0.6 is 0 Å². The van der Waals surface area contributed by atoms with E-state index in [4.69, 9.17) is 16.6 Å². The van der Waals surface area contributed by atoms with Gasteiger partial charge >= 0.3 is 0 Å². The van der Waals surface area contributed by atoms with Gasteiger partial charge in [-0.15, -0.1) is 6.58 Å². The second-order valence-corrected chi connectivity index (χ2v) is 3.96. The Morgan fingerprint density at radius 1 is 1.27 bits per heavy atom. The van der Waals surface area contributed by atoms with Crippen LogP contribution in [0.15, 0.2) is 12.7 Å². The molecule has 0 aromatic heterocycles. The van der Waals surface area contributed by atoms with E-state index in [0.717, 1.165) is 25.7 Å². The summed E-state index contributed by atoms with van der Waals surface area (Å²) in [6.45, 7) is 3.82. The maximum absolute atomic E-state index is 7.59. The van der Waals surface area contributed by atoms with E-state index in [0.29, 0.717) is 0 Å².